The second-order valence-corrected chi connectivity index (χ2v) is 5.42. The molecule has 1 aromatic heterocycles. The molecule has 0 atom stereocenters. The second kappa shape index (κ2) is 7.06. The van der Waals surface area contributed by atoms with Crippen LogP contribution in [0.2, 0.25) is 0 Å². The van der Waals surface area contributed by atoms with Crippen molar-refractivity contribution in [3.8, 4) is 0 Å². The molecule has 2 heterocycles. The van der Waals surface area contributed by atoms with E-state index in [0.29, 0.717) is 0 Å². The van der Waals surface area contributed by atoms with Crippen molar-refractivity contribution >= 4 is 11.3 Å². The normalized spacial score (nSPS) is 17.5. The Labute approximate surface area is 107 Å². The van der Waals surface area contributed by atoms with Gasteiger partial charge in [-0.05, 0) is 6.92 Å². The van der Waals surface area contributed by atoms with Gasteiger partial charge in [-0.25, -0.2) is 4.98 Å². The Balaban J connectivity index is 1.51. The molecule has 1 aliphatic rings. The summed E-state index contributed by atoms with van der Waals surface area (Å²) in [6, 6.07) is 0. The number of piperazine rings is 1. The number of hydrogen-bond donors (Lipinski definition) is 2. The highest BCUT2D eigenvalue weighted by atomic mass is 32.1. The lowest BCUT2D eigenvalue weighted by Gasteiger charge is -2.27. The van der Waals surface area contributed by atoms with Gasteiger partial charge in [0.2, 0.25) is 0 Å². The van der Waals surface area contributed by atoms with Gasteiger partial charge in [-0.15, -0.1) is 11.3 Å². The largest absolute Gasteiger partial charge is 0.315 e. The van der Waals surface area contributed by atoms with Crippen molar-refractivity contribution in [2.45, 2.75) is 13.3 Å². The minimum absolute atomic E-state index is 1.04. The van der Waals surface area contributed by atoms with Crippen LogP contribution in [-0.2, 0) is 6.42 Å². The van der Waals surface area contributed by atoms with E-state index in [2.05, 4.69) is 32.8 Å². The molecule has 0 spiro atoms. The summed E-state index contributed by atoms with van der Waals surface area (Å²) in [5, 5.41) is 10.2. The number of hydrogen-bond acceptors (Lipinski definition) is 5. The summed E-state index contributed by atoms with van der Waals surface area (Å²) in [5.41, 5.74) is 1.14. The van der Waals surface area contributed by atoms with Crippen LogP contribution in [0.3, 0.4) is 0 Å². The van der Waals surface area contributed by atoms with Crippen LogP contribution in [0.15, 0.2) is 5.38 Å². The molecule has 1 saturated heterocycles. The van der Waals surface area contributed by atoms with Crippen LogP contribution >= 0.6 is 11.3 Å². The Bertz CT molecular complexity index is 320. The Morgan fingerprint density at radius 3 is 2.94 bits per heavy atom. The van der Waals surface area contributed by atoms with Crippen molar-refractivity contribution in [1.82, 2.24) is 20.5 Å². The van der Waals surface area contributed by atoms with Gasteiger partial charge in [0.1, 0.15) is 0 Å². The average molecular weight is 254 g/mol. The molecule has 0 aromatic carbocycles. The monoisotopic (exact) mass is 254 g/mol. The third-order valence-corrected chi connectivity index (χ3v) is 4.02. The first-order valence-electron chi connectivity index (χ1n) is 6.39. The molecule has 2 rings (SSSR count). The molecular formula is C12H22N4S. The fraction of sp³-hybridized carbons (Fsp3) is 0.750. The fourth-order valence-corrected chi connectivity index (χ4v) is 2.79. The van der Waals surface area contributed by atoms with E-state index in [1.807, 2.05) is 0 Å². The Hall–Kier alpha value is -0.490. The highest BCUT2D eigenvalue weighted by molar-refractivity contribution is 7.09. The van der Waals surface area contributed by atoms with E-state index in [1.165, 1.54) is 24.6 Å². The Kier molecular flexibility index (Phi) is 5.38. The first-order chi connectivity index (χ1) is 8.34. The third kappa shape index (κ3) is 4.71. The Morgan fingerprint density at radius 1 is 1.41 bits per heavy atom. The summed E-state index contributed by atoms with van der Waals surface area (Å²) < 4.78 is 0. The summed E-state index contributed by atoms with van der Waals surface area (Å²) >= 11 is 1.77. The average Bonchev–Trinajstić information content (AvgIpc) is 2.76. The summed E-state index contributed by atoms with van der Waals surface area (Å²) in [6.45, 7) is 10.00. The van der Waals surface area contributed by atoms with Crippen LogP contribution in [0.4, 0.5) is 0 Å². The van der Waals surface area contributed by atoms with Gasteiger partial charge < -0.3 is 10.6 Å². The van der Waals surface area contributed by atoms with Crippen molar-refractivity contribution in [3.63, 3.8) is 0 Å². The van der Waals surface area contributed by atoms with Gasteiger partial charge in [-0.3, -0.25) is 4.90 Å². The minimum atomic E-state index is 1.04. The SMILES string of the molecule is Cc1csc(CCNCCN2CCNCC2)n1. The van der Waals surface area contributed by atoms with Crippen LogP contribution in [-0.4, -0.2) is 55.7 Å². The van der Waals surface area contributed by atoms with E-state index in [0.717, 1.165) is 38.3 Å². The molecule has 0 radical (unpaired) electrons. The third-order valence-electron chi connectivity index (χ3n) is 3.00. The molecule has 2 N–H and O–H groups in total. The Morgan fingerprint density at radius 2 is 2.24 bits per heavy atom. The molecule has 96 valence electrons. The van der Waals surface area contributed by atoms with Crippen LogP contribution in [0, 0.1) is 6.92 Å². The smallest absolute Gasteiger partial charge is 0.0940 e. The molecular weight excluding hydrogens is 232 g/mol. The van der Waals surface area contributed by atoms with Gasteiger partial charge in [0.15, 0.2) is 0 Å². The first-order valence-corrected chi connectivity index (χ1v) is 7.27. The van der Waals surface area contributed by atoms with Crippen LogP contribution in [0.5, 0.6) is 0 Å². The van der Waals surface area contributed by atoms with E-state index >= 15 is 0 Å². The molecule has 5 heteroatoms. The summed E-state index contributed by atoms with van der Waals surface area (Å²) in [4.78, 5) is 6.97. The first kappa shape index (κ1) is 13.0. The topological polar surface area (TPSA) is 40.2 Å². The van der Waals surface area contributed by atoms with E-state index in [1.54, 1.807) is 11.3 Å². The zero-order chi connectivity index (χ0) is 11.9. The van der Waals surface area contributed by atoms with Gasteiger partial charge in [0, 0.05) is 63.3 Å². The molecule has 1 aliphatic heterocycles. The molecule has 0 saturated carbocycles. The lowest BCUT2D eigenvalue weighted by atomic mass is 10.3. The van der Waals surface area contributed by atoms with Crippen molar-refractivity contribution in [2.24, 2.45) is 0 Å². The predicted molar refractivity (Wildman–Crippen MR) is 72.7 cm³/mol. The maximum atomic E-state index is 4.46. The van der Waals surface area contributed by atoms with Crippen LogP contribution in [0.25, 0.3) is 0 Å². The van der Waals surface area contributed by atoms with E-state index in [-0.39, 0.29) is 0 Å². The number of nitrogens with zero attached hydrogens (tertiary/aromatic N) is 2. The zero-order valence-corrected chi connectivity index (χ0v) is 11.4. The van der Waals surface area contributed by atoms with E-state index in [4.69, 9.17) is 0 Å². The fourth-order valence-electron chi connectivity index (χ4n) is 2.01. The molecule has 0 amide bonds. The van der Waals surface area contributed by atoms with Crippen molar-refractivity contribution in [2.75, 3.05) is 45.8 Å². The number of aromatic nitrogens is 1. The number of aryl methyl sites for hydroxylation is 1. The molecule has 1 fully saturated rings. The molecule has 17 heavy (non-hydrogen) atoms. The summed E-state index contributed by atoms with van der Waals surface area (Å²) in [7, 11) is 0. The molecule has 0 unspecified atom stereocenters. The van der Waals surface area contributed by atoms with Gasteiger partial charge in [-0.2, -0.15) is 0 Å². The van der Waals surface area contributed by atoms with E-state index < -0.39 is 0 Å². The van der Waals surface area contributed by atoms with Gasteiger partial charge in [0.25, 0.3) is 0 Å². The summed E-state index contributed by atoms with van der Waals surface area (Å²) in [5.74, 6) is 0. The lowest BCUT2D eigenvalue weighted by molar-refractivity contribution is 0.241. The minimum Gasteiger partial charge on any atom is -0.315 e. The number of rotatable bonds is 6. The predicted octanol–water partition coefficient (Wildman–Crippen LogP) is 0.489. The number of thiazole rings is 1. The standard InChI is InChI=1S/C12H22N4S/c1-11-10-17-12(15-11)2-3-13-4-7-16-8-5-14-6-9-16/h10,13-14H,2-9H2,1H3. The van der Waals surface area contributed by atoms with Gasteiger partial charge in [0.05, 0.1) is 5.01 Å². The molecule has 0 bridgehead atoms. The number of nitrogens with one attached hydrogen (secondary N) is 2. The maximum Gasteiger partial charge on any atom is 0.0940 e. The van der Waals surface area contributed by atoms with Crippen LogP contribution in [0.1, 0.15) is 10.7 Å². The van der Waals surface area contributed by atoms with Crippen LogP contribution < -0.4 is 10.6 Å². The highest BCUT2D eigenvalue weighted by Crippen LogP contribution is 2.08. The summed E-state index contributed by atoms with van der Waals surface area (Å²) in [6.07, 6.45) is 1.06. The molecule has 0 aliphatic carbocycles. The maximum absolute atomic E-state index is 4.46. The molecule has 1 aromatic rings. The van der Waals surface area contributed by atoms with Gasteiger partial charge >= 0.3 is 0 Å². The second-order valence-electron chi connectivity index (χ2n) is 4.47. The van der Waals surface area contributed by atoms with E-state index in [9.17, 15) is 0 Å². The highest BCUT2D eigenvalue weighted by Gasteiger charge is 2.07. The quantitative estimate of drug-likeness (QED) is 0.725. The van der Waals surface area contributed by atoms with Crippen molar-refractivity contribution in [3.05, 3.63) is 16.1 Å². The van der Waals surface area contributed by atoms with Crippen molar-refractivity contribution < 1.29 is 0 Å². The molecule has 4 nitrogen and oxygen atoms in total. The van der Waals surface area contributed by atoms with Crippen molar-refractivity contribution in [1.29, 1.82) is 0 Å². The van der Waals surface area contributed by atoms with Gasteiger partial charge in [-0.1, -0.05) is 0 Å². The zero-order valence-electron chi connectivity index (χ0n) is 10.5. The lowest BCUT2D eigenvalue weighted by Crippen LogP contribution is -2.45.